The molecule has 0 heterocycles. The first-order valence-electron chi connectivity index (χ1n) is 7.05. The van der Waals surface area contributed by atoms with Crippen LogP contribution in [0.3, 0.4) is 0 Å². The first-order chi connectivity index (χ1) is 11.5. The lowest BCUT2D eigenvalue weighted by molar-refractivity contribution is -0.114. The molecule has 0 atom stereocenters. The highest BCUT2D eigenvalue weighted by molar-refractivity contribution is 6.36. The third-order valence-corrected chi connectivity index (χ3v) is 3.50. The normalized spacial score (nSPS) is 9.62. The summed E-state index contributed by atoms with van der Waals surface area (Å²) in [5.41, 5.74) is 1.84. The summed E-state index contributed by atoms with van der Waals surface area (Å²) in [5.74, 6) is 5.34. The average Bonchev–Trinajstić information content (AvgIpc) is 2.52. The molecule has 122 valence electrons. The molecule has 0 saturated heterocycles. The predicted molar refractivity (Wildman–Crippen MR) is 96.4 cm³/mol. The van der Waals surface area contributed by atoms with Gasteiger partial charge >= 0.3 is 0 Å². The summed E-state index contributed by atoms with van der Waals surface area (Å²) in [6, 6.07) is 11.8. The van der Waals surface area contributed by atoms with Crippen molar-refractivity contribution >= 4 is 40.7 Å². The zero-order chi connectivity index (χ0) is 17.5. The van der Waals surface area contributed by atoms with Crippen molar-refractivity contribution in [3.8, 4) is 11.8 Å². The molecule has 24 heavy (non-hydrogen) atoms. The molecule has 2 aromatic carbocycles. The molecule has 0 saturated carbocycles. The molecular formula is C18H14Cl2N2O2. The van der Waals surface area contributed by atoms with Gasteiger partial charge in [0.1, 0.15) is 0 Å². The first kappa shape index (κ1) is 17.9. The maximum atomic E-state index is 12.0. The van der Waals surface area contributed by atoms with Crippen LogP contribution in [0.25, 0.3) is 0 Å². The van der Waals surface area contributed by atoms with Crippen LogP contribution in [0.4, 0.5) is 5.69 Å². The van der Waals surface area contributed by atoms with Crippen molar-refractivity contribution in [3.63, 3.8) is 0 Å². The Morgan fingerprint density at radius 2 is 1.79 bits per heavy atom. The number of benzene rings is 2. The van der Waals surface area contributed by atoms with Crippen LogP contribution in [0, 0.1) is 11.8 Å². The number of anilines is 1. The lowest BCUT2D eigenvalue weighted by Crippen LogP contribution is -2.23. The second kappa shape index (κ2) is 8.39. The summed E-state index contributed by atoms with van der Waals surface area (Å²) in [7, 11) is 0. The Morgan fingerprint density at radius 3 is 2.42 bits per heavy atom. The Kier molecular flexibility index (Phi) is 6.25. The summed E-state index contributed by atoms with van der Waals surface area (Å²) in [6.07, 6.45) is 0. The van der Waals surface area contributed by atoms with Crippen LogP contribution in [0.2, 0.25) is 10.0 Å². The summed E-state index contributed by atoms with van der Waals surface area (Å²) in [6.45, 7) is 1.63. The molecule has 0 bridgehead atoms. The SMILES string of the molecule is CC(=O)Nc1ccc(C#CCNC(=O)c2ccc(Cl)cc2Cl)cc1. The van der Waals surface area contributed by atoms with Gasteiger partial charge in [-0.15, -0.1) is 0 Å². The maximum Gasteiger partial charge on any atom is 0.253 e. The van der Waals surface area contributed by atoms with Crippen LogP contribution in [0.15, 0.2) is 42.5 Å². The minimum atomic E-state index is -0.313. The van der Waals surface area contributed by atoms with E-state index in [2.05, 4.69) is 22.5 Å². The molecule has 0 aliphatic heterocycles. The van der Waals surface area contributed by atoms with E-state index in [0.717, 1.165) is 5.56 Å². The van der Waals surface area contributed by atoms with Crippen LogP contribution < -0.4 is 10.6 Å². The van der Waals surface area contributed by atoms with Crippen molar-refractivity contribution in [2.75, 3.05) is 11.9 Å². The minimum absolute atomic E-state index is 0.127. The van der Waals surface area contributed by atoms with Gasteiger partial charge in [-0.05, 0) is 42.5 Å². The Balaban J connectivity index is 1.91. The quantitative estimate of drug-likeness (QED) is 0.819. The van der Waals surface area contributed by atoms with E-state index in [4.69, 9.17) is 23.2 Å². The van der Waals surface area contributed by atoms with E-state index in [1.54, 1.807) is 36.4 Å². The third kappa shape index (κ3) is 5.31. The largest absolute Gasteiger partial charge is 0.341 e. The fourth-order valence-electron chi connectivity index (χ4n) is 1.88. The highest BCUT2D eigenvalue weighted by Crippen LogP contribution is 2.20. The van der Waals surface area contributed by atoms with Crippen LogP contribution in [0.1, 0.15) is 22.8 Å². The molecule has 2 amide bonds. The Labute approximate surface area is 150 Å². The molecule has 2 N–H and O–H groups in total. The van der Waals surface area contributed by atoms with Crippen LogP contribution in [-0.2, 0) is 4.79 Å². The molecule has 0 unspecified atom stereocenters. The fraction of sp³-hybridized carbons (Fsp3) is 0.111. The van der Waals surface area contributed by atoms with Gasteiger partial charge in [0.05, 0.1) is 17.1 Å². The molecule has 2 rings (SSSR count). The standard InChI is InChI=1S/C18H14Cl2N2O2/c1-12(23)22-15-7-4-13(5-8-15)3-2-10-21-18(24)16-9-6-14(19)11-17(16)20/h4-9,11H,10H2,1H3,(H,21,24)(H,22,23). The topological polar surface area (TPSA) is 58.2 Å². The maximum absolute atomic E-state index is 12.0. The van der Waals surface area contributed by atoms with Gasteiger partial charge < -0.3 is 10.6 Å². The van der Waals surface area contributed by atoms with Crippen molar-refractivity contribution in [2.45, 2.75) is 6.92 Å². The molecule has 4 nitrogen and oxygen atoms in total. The Hall–Kier alpha value is -2.48. The number of hydrogen-bond donors (Lipinski definition) is 2. The average molecular weight is 361 g/mol. The lowest BCUT2D eigenvalue weighted by atomic mass is 10.2. The number of hydrogen-bond acceptors (Lipinski definition) is 2. The Bertz CT molecular complexity index is 821. The predicted octanol–water partition coefficient (Wildman–Crippen LogP) is 3.73. The van der Waals surface area contributed by atoms with Gasteiger partial charge in [0.15, 0.2) is 0 Å². The van der Waals surface area contributed by atoms with E-state index in [-0.39, 0.29) is 18.4 Å². The fourth-order valence-corrected chi connectivity index (χ4v) is 2.37. The smallest absolute Gasteiger partial charge is 0.253 e. The highest BCUT2D eigenvalue weighted by atomic mass is 35.5. The Morgan fingerprint density at radius 1 is 1.08 bits per heavy atom. The van der Waals surface area contributed by atoms with E-state index in [9.17, 15) is 9.59 Å². The monoisotopic (exact) mass is 360 g/mol. The molecule has 0 aliphatic rings. The second-order valence-corrected chi connectivity index (χ2v) is 5.71. The van der Waals surface area contributed by atoms with Crippen LogP contribution in [0.5, 0.6) is 0 Å². The number of amides is 2. The van der Waals surface area contributed by atoms with Crippen molar-refractivity contribution in [1.82, 2.24) is 5.32 Å². The molecule has 0 spiro atoms. The summed E-state index contributed by atoms with van der Waals surface area (Å²) < 4.78 is 0. The van der Waals surface area contributed by atoms with E-state index < -0.39 is 0 Å². The van der Waals surface area contributed by atoms with E-state index in [0.29, 0.717) is 21.3 Å². The van der Waals surface area contributed by atoms with Gasteiger partial charge in [0.2, 0.25) is 5.91 Å². The highest BCUT2D eigenvalue weighted by Gasteiger charge is 2.09. The number of rotatable bonds is 3. The minimum Gasteiger partial charge on any atom is -0.341 e. The van der Waals surface area contributed by atoms with Crippen molar-refractivity contribution in [1.29, 1.82) is 0 Å². The van der Waals surface area contributed by atoms with E-state index in [1.807, 2.05) is 0 Å². The van der Waals surface area contributed by atoms with Gasteiger partial charge in [-0.3, -0.25) is 9.59 Å². The van der Waals surface area contributed by atoms with Gasteiger partial charge in [-0.25, -0.2) is 0 Å². The zero-order valence-corrected chi connectivity index (χ0v) is 14.3. The molecule has 0 fully saturated rings. The molecule has 2 aromatic rings. The van der Waals surface area contributed by atoms with Crippen molar-refractivity contribution in [2.24, 2.45) is 0 Å². The lowest BCUT2D eigenvalue weighted by Gasteiger charge is -2.04. The summed E-state index contributed by atoms with van der Waals surface area (Å²) in [5, 5.41) is 6.11. The van der Waals surface area contributed by atoms with Gasteiger partial charge in [0, 0.05) is 23.2 Å². The number of carbonyl (C=O) groups is 2. The molecule has 6 heteroatoms. The number of halogens is 2. The molecule has 0 radical (unpaired) electrons. The van der Waals surface area contributed by atoms with Gasteiger partial charge in [-0.2, -0.15) is 0 Å². The summed E-state index contributed by atoms with van der Waals surface area (Å²) in [4.78, 5) is 22.9. The van der Waals surface area contributed by atoms with Crippen molar-refractivity contribution in [3.05, 3.63) is 63.6 Å². The molecular weight excluding hydrogens is 347 g/mol. The first-order valence-corrected chi connectivity index (χ1v) is 7.81. The van der Waals surface area contributed by atoms with Gasteiger partial charge in [-0.1, -0.05) is 35.0 Å². The zero-order valence-electron chi connectivity index (χ0n) is 12.8. The van der Waals surface area contributed by atoms with E-state index >= 15 is 0 Å². The van der Waals surface area contributed by atoms with Crippen LogP contribution >= 0.6 is 23.2 Å². The van der Waals surface area contributed by atoms with E-state index in [1.165, 1.54) is 13.0 Å². The van der Waals surface area contributed by atoms with Gasteiger partial charge in [0.25, 0.3) is 5.91 Å². The number of carbonyl (C=O) groups excluding carboxylic acids is 2. The van der Waals surface area contributed by atoms with Crippen molar-refractivity contribution < 1.29 is 9.59 Å². The second-order valence-electron chi connectivity index (χ2n) is 4.87. The molecule has 0 aromatic heterocycles. The van der Waals surface area contributed by atoms with Crippen LogP contribution in [-0.4, -0.2) is 18.4 Å². The molecule has 0 aliphatic carbocycles. The third-order valence-electron chi connectivity index (χ3n) is 2.95. The summed E-state index contributed by atoms with van der Waals surface area (Å²) >= 11 is 11.8. The number of nitrogens with one attached hydrogen (secondary N) is 2.